The zero-order valence-corrected chi connectivity index (χ0v) is 23.0. The molecule has 1 fully saturated rings. The van der Waals surface area contributed by atoms with Gasteiger partial charge in [0.1, 0.15) is 23.4 Å². The summed E-state index contributed by atoms with van der Waals surface area (Å²) in [7, 11) is 0. The fourth-order valence-corrected chi connectivity index (χ4v) is 5.51. The summed E-state index contributed by atoms with van der Waals surface area (Å²) >= 11 is 0. The Labute approximate surface area is 233 Å². The molecule has 0 spiro atoms. The highest BCUT2D eigenvalue weighted by molar-refractivity contribution is 5.96. The minimum atomic E-state index is 0.513. The van der Waals surface area contributed by atoms with E-state index in [1.807, 2.05) is 48.9 Å². The SMILES string of the molecule is C=C/C(=C\C(=C/C)c1ccc2[nH]nc(-c3cc4c(-n5cnc(C)c5)nccc4[nH]3)c2n1)NC(=C)C1CCCCC1. The highest BCUT2D eigenvalue weighted by atomic mass is 15.1. The Bertz CT molecular complexity index is 1770. The minimum absolute atomic E-state index is 0.513. The van der Waals surface area contributed by atoms with Crippen LogP contribution in [-0.2, 0) is 0 Å². The number of hydrogen-bond acceptors (Lipinski definition) is 5. The van der Waals surface area contributed by atoms with Crippen LogP contribution in [0, 0.1) is 12.8 Å². The molecular formula is C32H34N8. The fraction of sp³-hybridized carbons (Fsp3) is 0.250. The van der Waals surface area contributed by atoms with Crippen LogP contribution in [0.5, 0.6) is 0 Å². The molecule has 1 saturated carbocycles. The van der Waals surface area contributed by atoms with E-state index in [4.69, 9.17) is 4.98 Å². The van der Waals surface area contributed by atoms with Crippen molar-refractivity contribution in [3.8, 4) is 17.2 Å². The predicted molar refractivity (Wildman–Crippen MR) is 162 cm³/mol. The number of nitrogens with one attached hydrogen (secondary N) is 3. The minimum Gasteiger partial charge on any atom is -0.359 e. The zero-order valence-electron chi connectivity index (χ0n) is 23.0. The van der Waals surface area contributed by atoms with Crippen LogP contribution >= 0.6 is 0 Å². The van der Waals surface area contributed by atoms with Gasteiger partial charge in [-0.05, 0) is 74.6 Å². The Hall–Kier alpha value is -4.72. The van der Waals surface area contributed by atoms with Gasteiger partial charge < -0.3 is 10.3 Å². The van der Waals surface area contributed by atoms with Gasteiger partial charge in [-0.3, -0.25) is 9.67 Å². The van der Waals surface area contributed by atoms with Crippen molar-refractivity contribution >= 4 is 27.5 Å². The molecule has 3 N–H and O–H groups in total. The van der Waals surface area contributed by atoms with Crippen molar-refractivity contribution in [1.29, 1.82) is 0 Å². The molecule has 8 nitrogen and oxygen atoms in total. The molecule has 5 aromatic rings. The first-order valence-corrected chi connectivity index (χ1v) is 13.8. The number of rotatable bonds is 8. The van der Waals surface area contributed by atoms with Crippen molar-refractivity contribution in [2.45, 2.75) is 46.0 Å². The van der Waals surface area contributed by atoms with Crippen LogP contribution in [0.3, 0.4) is 0 Å². The highest BCUT2D eigenvalue weighted by Gasteiger charge is 2.18. The molecule has 0 aromatic carbocycles. The summed E-state index contributed by atoms with van der Waals surface area (Å²) in [6, 6.07) is 8.08. The van der Waals surface area contributed by atoms with E-state index in [9.17, 15) is 0 Å². The summed E-state index contributed by atoms with van der Waals surface area (Å²) in [6.45, 7) is 12.4. The van der Waals surface area contributed by atoms with Gasteiger partial charge in [-0.15, -0.1) is 0 Å². The Kier molecular flexibility index (Phi) is 6.90. The molecule has 0 bridgehead atoms. The Morgan fingerprint density at radius 1 is 1.12 bits per heavy atom. The molecule has 1 aliphatic rings. The fourth-order valence-electron chi connectivity index (χ4n) is 5.51. The van der Waals surface area contributed by atoms with E-state index in [2.05, 4.69) is 61.8 Å². The molecule has 0 atom stereocenters. The second kappa shape index (κ2) is 10.8. The number of H-pyrrole nitrogens is 2. The summed E-state index contributed by atoms with van der Waals surface area (Å²) in [5.74, 6) is 1.33. The molecule has 202 valence electrons. The van der Waals surface area contributed by atoms with E-state index in [1.54, 1.807) is 12.5 Å². The molecule has 0 unspecified atom stereocenters. The smallest absolute Gasteiger partial charge is 0.147 e. The summed E-state index contributed by atoms with van der Waals surface area (Å²) in [5, 5.41) is 12.3. The first-order valence-electron chi connectivity index (χ1n) is 13.8. The Morgan fingerprint density at radius 2 is 1.98 bits per heavy atom. The average molecular weight is 531 g/mol. The molecule has 0 amide bonds. The number of hydrogen-bond donors (Lipinski definition) is 3. The van der Waals surface area contributed by atoms with Crippen molar-refractivity contribution in [2.24, 2.45) is 5.92 Å². The normalized spacial score (nSPS) is 15.2. The number of allylic oxidation sites excluding steroid dienone is 5. The van der Waals surface area contributed by atoms with Crippen molar-refractivity contribution in [3.63, 3.8) is 0 Å². The van der Waals surface area contributed by atoms with Gasteiger partial charge in [-0.1, -0.05) is 38.5 Å². The Morgan fingerprint density at radius 3 is 2.73 bits per heavy atom. The standard InChI is InChI=1S/C32H34N8/c1-5-22(16-24(6-2)35-21(4)23-10-8-7-9-11-23)26-12-13-28-30(37-26)31(39-38-28)29-17-25-27(36-29)14-15-33-32(25)40-18-20(3)34-19-40/h5-6,12-19,23,35-36H,2,4,7-11H2,1,3H3,(H,38,39)/b22-5+,24-16+. The highest BCUT2D eigenvalue weighted by Crippen LogP contribution is 2.31. The maximum absolute atomic E-state index is 5.05. The maximum atomic E-state index is 5.05. The zero-order chi connectivity index (χ0) is 27.6. The number of fused-ring (bicyclic) bond motifs is 2. The lowest BCUT2D eigenvalue weighted by Crippen LogP contribution is -2.20. The van der Waals surface area contributed by atoms with E-state index in [0.29, 0.717) is 5.92 Å². The molecule has 5 heterocycles. The van der Waals surface area contributed by atoms with Crippen molar-refractivity contribution in [1.82, 2.24) is 40.0 Å². The molecule has 40 heavy (non-hydrogen) atoms. The van der Waals surface area contributed by atoms with E-state index in [-0.39, 0.29) is 0 Å². The number of aromatic nitrogens is 7. The molecule has 0 aliphatic heterocycles. The second-order valence-corrected chi connectivity index (χ2v) is 10.4. The lowest BCUT2D eigenvalue weighted by atomic mass is 9.87. The van der Waals surface area contributed by atoms with Crippen molar-refractivity contribution < 1.29 is 0 Å². The van der Waals surface area contributed by atoms with Crippen LogP contribution in [0.25, 0.3) is 44.7 Å². The van der Waals surface area contributed by atoms with Gasteiger partial charge in [0.15, 0.2) is 0 Å². The molecular weight excluding hydrogens is 496 g/mol. The van der Waals surface area contributed by atoms with Gasteiger partial charge in [0.2, 0.25) is 0 Å². The van der Waals surface area contributed by atoms with E-state index in [0.717, 1.165) is 67.5 Å². The summed E-state index contributed by atoms with van der Waals surface area (Å²) in [4.78, 5) is 17.5. The van der Waals surface area contributed by atoms with Crippen LogP contribution in [0.15, 0.2) is 85.8 Å². The lowest BCUT2D eigenvalue weighted by molar-refractivity contribution is 0.393. The number of aryl methyl sites for hydroxylation is 1. The van der Waals surface area contributed by atoms with Crippen molar-refractivity contribution in [3.05, 3.63) is 97.2 Å². The second-order valence-electron chi connectivity index (χ2n) is 10.4. The van der Waals surface area contributed by atoms with E-state index >= 15 is 0 Å². The molecule has 0 saturated heterocycles. The number of imidazole rings is 1. The summed E-state index contributed by atoms with van der Waals surface area (Å²) in [6.07, 6.45) is 17.8. The predicted octanol–water partition coefficient (Wildman–Crippen LogP) is 7.15. The van der Waals surface area contributed by atoms with Crippen molar-refractivity contribution in [2.75, 3.05) is 0 Å². The third-order valence-corrected chi connectivity index (χ3v) is 7.69. The van der Waals surface area contributed by atoms with Gasteiger partial charge in [0.05, 0.1) is 28.1 Å². The van der Waals surface area contributed by atoms with Crippen LogP contribution in [-0.4, -0.2) is 34.7 Å². The van der Waals surface area contributed by atoms with Crippen LogP contribution in [0.2, 0.25) is 0 Å². The maximum Gasteiger partial charge on any atom is 0.147 e. The van der Waals surface area contributed by atoms with Gasteiger partial charge in [-0.25, -0.2) is 15.0 Å². The summed E-state index contributed by atoms with van der Waals surface area (Å²) < 4.78 is 1.94. The van der Waals surface area contributed by atoms with E-state index < -0.39 is 0 Å². The third kappa shape index (κ3) is 4.88. The summed E-state index contributed by atoms with van der Waals surface area (Å²) in [5.41, 5.74) is 9.03. The molecule has 1 aliphatic carbocycles. The monoisotopic (exact) mass is 530 g/mol. The van der Waals surface area contributed by atoms with Gasteiger partial charge in [-0.2, -0.15) is 5.10 Å². The van der Waals surface area contributed by atoms with Crippen LogP contribution < -0.4 is 5.32 Å². The van der Waals surface area contributed by atoms with Gasteiger partial charge >= 0.3 is 0 Å². The van der Waals surface area contributed by atoms with Gasteiger partial charge in [0.25, 0.3) is 0 Å². The van der Waals surface area contributed by atoms with Crippen LogP contribution in [0.4, 0.5) is 0 Å². The Balaban J connectivity index is 1.33. The van der Waals surface area contributed by atoms with Gasteiger partial charge in [0, 0.05) is 29.2 Å². The molecule has 8 heteroatoms. The number of aromatic amines is 2. The topological polar surface area (TPSA) is 100 Å². The first-order chi connectivity index (χ1) is 19.5. The molecule has 0 radical (unpaired) electrons. The van der Waals surface area contributed by atoms with Crippen LogP contribution in [0.1, 0.15) is 50.4 Å². The quantitative estimate of drug-likeness (QED) is 0.185. The third-order valence-electron chi connectivity index (χ3n) is 7.69. The first kappa shape index (κ1) is 25.6. The van der Waals surface area contributed by atoms with E-state index in [1.165, 1.54) is 32.1 Å². The molecule has 5 aromatic heterocycles. The largest absolute Gasteiger partial charge is 0.359 e. The number of nitrogens with zero attached hydrogens (tertiary/aromatic N) is 5. The molecule has 6 rings (SSSR count). The average Bonchev–Trinajstić information content (AvgIpc) is 3.72. The lowest BCUT2D eigenvalue weighted by Gasteiger charge is -2.25. The number of pyridine rings is 2.